The summed E-state index contributed by atoms with van der Waals surface area (Å²) in [6, 6.07) is 8.44. The van der Waals surface area contributed by atoms with Crippen LogP contribution >= 0.6 is 0 Å². The van der Waals surface area contributed by atoms with E-state index in [4.69, 9.17) is 10.00 Å². The third kappa shape index (κ3) is 2.60. The molecule has 0 N–H and O–H groups in total. The number of rotatable bonds is 2. The van der Waals surface area contributed by atoms with Gasteiger partial charge in [0.1, 0.15) is 5.75 Å². The number of nitrogens with zero attached hydrogens (tertiary/aromatic N) is 1. The molecule has 72 valence electrons. The van der Waals surface area contributed by atoms with Crippen LogP contribution < -0.4 is 4.74 Å². The van der Waals surface area contributed by atoms with Crippen molar-refractivity contribution in [2.75, 3.05) is 0 Å². The molecular weight excluding hydrogens is 178 g/mol. The molecule has 0 spiro atoms. The SMILES string of the molecule is CC(C)C(=O)Oc1ccc(C#N)cc1. The molecule has 0 aromatic heterocycles. The standard InChI is InChI=1S/C11H11NO2/c1-8(2)11(13)14-10-5-3-9(7-12)4-6-10/h3-6,8H,1-2H3. The van der Waals surface area contributed by atoms with Crippen molar-refractivity contribution >= 4 is 5.97 Å². The number of carbonyl (C=O) groups is 1. The Morgan fingerprint density at radius 1 is 1.36 bits per heavy atom. The van der Waals surface area contributed by atoms with Crippen LogP contribution in [-0.4, -0.2) is 5.97 Å². The molecular formula is C11H11NO2. The molecule has 0 fully saturated rings. The summed E-state index contributed by atoms with van der Waals surface area (Å²) in [5.74, 6) is 0.0584. The Balaban J connectivity index is 2.70. The van der Waals surface area contributed by atoms with Crippen molar-refractivity contribution in [2.45, 2.75) is 13.8 Å². The van der Waals surface area contributed by atoms with Gasteiger partial charge in [0.2, 0.25) is 0 Å². The monoisotopic (exact) mass is 189 g/mol. The van der Waals surface area contributed by atoms with Gasteiger partial charge in [-0.1, -0.05) is 13.8 Å². The fourth-order valence-corrected chi connectivity index (χ4v) is 0.832. The van der Waals surface area contributed by atoms with Gasteiger partial charge in [-0.2, -0.15) is 5.26 Å². The maximum Gasteiger partial charge on any atom is 0.313 e. The Morgan fingerprint density at radius 2 is 1.93 bits per heavy atom. The molecule has 0 aliphatic carbocycles. The normalized spacial score (nSPS) is 9.57. The highest BCUT2D eigenvalue weighted by Crippen LogP contribution is 2.13. The van der Waals surface area contributed by atoms with E-state index in [1.165, 1.54) is 0 Å². The maximum atomic E-state index is 11.2. The highest BCUT2D eigenvalue weighted by atomic mass is 16.5. The van der Waals surface area contributed by atoms with Gasteiger partial charge < -0.3 is 4.74 Å². The summed E-state index contributed by atoms with van der Waals surface area (Å²) >= 11 is 0. The third-order valence-corrected chi connectivity index (χ3v) is 1.67. The molecule has 3 nitrogen and oxygen atoms in total. The Bertz CT molecular complexity index is 360. The van der Waals surface area contributed by atoms with Crippen LogP contribution in [0, 0.1) is 17.2 Å². The molecule has 14 heavy (non-hydrogen) atoms. The van der Waals surface area contributed by atoms with Crippen LogP contribution in [-0.2, 0) is 4.79 Å². The number of carbonyl (C=O) groups excluding carboxylic acids is 1. The second kappa shape index (κ2) is 4.43. The van der Waals surface area contributed by atoms with E-state index in [-0.39, 0.29) is 11.9 Å². The highest BCUT2D eigenvalue weighted by molar-refractivity contribution is 5.74. The molecule has 0 unspecified atom stereocenters. The number of ether oxygens (including phenoxy) is 1. The Labute approximate surface area is 82.9 Å². The van der Waals surface area contributed by atoms with E-state index in [2.05, 4.69) is 0 Å². The summed E-state index contributed by atoms with van der Waals surface area (Å²) in [6.45, 7) is 3.54. The van der Waals surface area contributed by atoms with Gasteiger partial charge in [-0.05, 0) is 24.3 Å². The summed E-state index contributed by atoms with van der Waals surface area (Å²) in [7, 11) is 0. The molecule has 0 saturated carbocycles. The molecule has 3 heteroatoms. The lowest BCUT2D eigenvalue weighted by molar-refractivity contribution is -0.137. The van der Waals surface area contributed by atoms with Crippen LogP contribution in [0.4, 0.5) is 0 Å². The Kier molecular flexibility index (Phi) is 3.24. The van der Waals surface area contributed by atoms with Crippen LogP contribution in [0.2, 0.25) is 0 Å². The topological polar surface area (TPSA) is 50.1 Å². The molecule has 0 aliphatic rings. The van der Waals surface area contributed by atoms with Gasteiger partial charge in [0, 0.05) is 0 Å². The summed E-state index contributed by atoms with van der Waals surface area (Å²) in [5, 5.41) is 8.54. The van der Waals surface area contributed by atoms with Gasteiger partial charge in [0.25, 0.3) is 0 Å². The van der Waals surface area contributed by atoms with Crippen molar-refractivity contribution in [3.05, 3.63) is 29.8 Å². The van der Waals surface area contributed by atoms with Gasteiger partial charge in [0.15, 0.2) is 0 Å². The van der Waals surface area contributed by atoms with E-state index in [0.29, 0.717) is 11.3 Å². The third-order valence-electron chi connectivity index (χ3n) is 1.67. The van der Waals surface area contributed by atoms with Crippen LogP contribution in [0.5, 0.6) is 5.75 Å². The number of nitriles is 1. The quantitative estimate of drug-likeness (QED) is 0.529. The average molecular weight is 189 g/mol. The van der Waals surface area contributed by atoms with Crippen LogP contribution in [0.15, 0.2) is 24.3 Å². The largest absolute Gasteiger partial charge is 0.426 e. The molecule has 0 bridgehead atoms. The van der Waals surface area contributed by atoms with Crippen molar-refractivity contribution < 1.29 is 9.53 Å². The molecule has 0 amide bonds. The van der Waals surface area contributed by atoms with Crippen LogP contribution in [0.25, 0.3) is 0 Å². The number of hydrogen-bond acceptors (Lipinski definition) is 3. The van der Waals surface area contributed by atoms with E-state index >= 15 is 0 Å². The van der Waals surface area contributed by atoms with Gasteiger partial charge in [-0.15, -0.1) is 0 Å². The van der Waals surface area contributed by atoms with Crippen molar-refractivity contribution in [3.8, 4) is 11.8 Å². The van der Waals surface area contributed by atoms with Gasteiger partial charge in [-0.3, -0.25) is 4.79 Å². The first kappa shape index (κ1) is 10.3. The van der Waals surface area contributed by atoms with Crippen molar-refractivity contribution in [2.24, 2.45) is 5.92 Å². The molecule has 0 radical (unpaired) electrons. The molecule has 0 saturated heterocycles. The minimum absolute atomic E-state index is 0.148. The fourth-order valence-electron chi connectivity index (χ4n) is 0.832. The molecule has 0 heterocycles. The smallest absolute Gasteiger partial charge is 0.313 e. The van der Waals surface area contributed by atoms with Crippen molar-refractivity contribution in [1.82, 2.24) is 0 Å². The zero-order valence-corrected chi connectivity index (χ0v) is 8.15. The van der Waals surface area contributed by atoms with E-state index in [9.17, 15) is 4.79 Å². The highest BCUT2D eigenvalue weighted by Gasteiger charge is 2.08. The summed E-state index contributed by atoms with van der Waals surface area (Å²) in [6.07, 6.45) is 0. The number of hydrogen-bond donors (Lipinski definition) is 0. The minimum Gasteiger partial charge on any atom is -0.426 e. The predicted octanol–water partition coefficient (Wildman–Crippen LogP) is 2.12. The average Bonchev–Trinajstić information content (AvgIpc) is 2.19. The van der Waals surface area contributed by atoms with E-state index in [1.54, 1.807) is 38.1 Å². The minimum atomic E-state index is -0.269. The Morgan fingerprint density at radius 3 is 2.36 bits per heavy atom. The second-order valence-corrected chi connectivity index (χ2v) is 3.21. The molecule has 0 aliphatic heterocycles. The summed E-state index contributed by atoms with van der Waals surface area (Å²) in [5.41, 5.74) is 0.550. The number of esters is 1. The zero-order chi connectivity index (χ0) is 10.6. The Hall–Kier alpha value is -1.82. The van der Waals surface area contributed by atoms with Crippen molar-refractivity contribution in [3.63, 3.8) is 0 Å². The summed E-state index contributed by atoms with van der Waals surface area (Å²) < 4.78 is 5.03. The van der Waals surface area contributed by atoms with E-state index < -0.39 is 0 Å². The lowest BCUT2D eigenvalue weighted by Crippen LogP contribution is -2.14. The first-order chi connectivity index (χ1) is 6.63. The maximum absolute atomic E-state index is 11.2. The first-order valence-corrected chi connectivity index (χ1v) is 4.35. The van der Waals surface area contributed by atoms with Crippen molar-refractivity contribution in [1.29, 1.82) is 5.26 Å². The van der Waals surface area contributed by atoms with Gasteiger partial charge in [0.05, 0.1) is 17.6 Å². The molecule has 1 rings (SSSR count). The fraction of sp³-hybridized carbons (Fsp3) is 0.273. The lowest BCUT2D eigenvalue weighted by atomic mass is 10.2. The van der Waals surface area contributed by atoms with Crippen LogP contribution in [0.3, 0.4) is 0 Å². The zero-order valence-electron chi connectivity index (χ0n) is 8.15. The van der Waals surface area contributed by atoms with Gasteiger partial charge >= 0.3 is 5.97 Å². The summed E-state index contributed by atoms with van der Waals surface area (Å²) in [4.78, 5) is 11.2. The lowest BCUT2D eigenvalue weighted by Gasteiger charge is -2.05. The molecule has 1 aromatic carbocycles. The number of benzene rings is 1. The molecule has 0 atom stereocenters. The van der Waals surface area contributed by atoms with E-state index in [1.807, 2.05) is 6.07 Å². The molecule has 1 aromatic rings. The predicted molar refractivity (Wildman–Crippen MR) is 51.6 cm³/mol. The second-order valence-electron chi connectivity index (χ2n) is 3.21. The van der Waals surface area contributed by atoms with Crippen LogP contribution in [0.1, 0.15) is 19.4 Å². The van der Waals surface area contributed by atoms with E-state index in [0.717, 1.165) is 0 Å². The van der Waals surface area contributed by atoms with Gasteiger partial charge in [-0.25, -0.2) is 0 Å². The first-order valence-electron chi connectivity index (χ1n) is 4.35.